The predicted octanol–water partition coefficient (Wildman–Crippen LogP) is 1.04. The summed E-state index contributed by atoms with van der Waals surface area (Å²) in [6.45, 7) is 5.55. The molecule has 0 bridgehead atoms. The van der Waals surface area contributed by atoms with Gasteiger partial charge in [0.25, 0.3) is 5.91 Å². The highest BCUT2D eigenvalue weighted by atomic mass is 16.2. The van der Waals surface area contributed by atoms with E-state index in [-0.39, 0.29) is 5.91 Å². The third-order valence-corrected chi connectivity index (χ3v) is 4.95. The predicted molar refractivity (Wildman–Crippen MR) is 82.0 cm³/mol. The zero-order valence-corrected chi connectivity index (χ0v) is 13.0. The van der Waals surface area contributed by atoms with Crippen molar-refractivity contribution in [3.63, 3.8) is 0 Å². The quantitative estimate of drug-likeness (QED) is 0.884. The number of aryl methyl sites for hydroxylation is 1. The van der Waals surface area contributed by atoms with Gasteiger partial charge in [-0.05, 0) is 45.7 Å². The van der Waals surface area contributed by atoms with E-state index >= 15 is 0 Å². The lowest BCUT2D eigenvalue weighted by atomic mass is 9.84. The van der Waals surface area contributed by atoms with Crippen molar-refractivity contribution in [3.05, 3.63) is 11.9 Å². The monoisotopic (exact) mass is 291 g/mol. The molecule has 1 amide bonds. The van der Waals surface area contributed by atoms with E-state index in [0.29, 0.717) is 23.3 Å². The fraction of sp³-hybridized carbons (Fsp3) is 0.733. The fourth-order valence-electron chi connectivity index (χ4n) is 3.75. The van der Waals surface area contributed by atoms with Gasteiger partial charge in [-0.15, -0.1) is 0 Å². The number of nitrogens with two attached hydrogens (primary N) is 1. The summed E-state index contributed by atoms with van der Waals surface area (Å²) in [5.41, 5.74) is 6.85. The first-order valence-corrected chi connectivity index (χ1v) is 7.92. The van der Waals surface area contributed by atoms with Crippen molar-refractivity contribution in [3.8, 4) is 0 Å². The van der Waals surface area contributed by atoms with Crippen LogP contribution in [-0.2, 0) is 6.54 Å². The van der Waals surface area contributed by atoms with E-state index in [1.165, 1.54) is 19.4 Å². The average molecular weight is 291 g/mol. The lowest BCUT2D eigenvalue weighted by Gasteiger charge is -2.45. The van der Waals surface area contributed by atoms with Crippen LogP contribution in [-0.4, -0.2) is 58.2 Å². The maximum Gasteiger partial charge on any atom is 0.276 e. The lowest BCUT2D eigenvalue weighted by Crippen LogP contribution is -2.54. The van der Waals surface area contributed by atoms with Crippen LogP contribution in [0.4, 0.5) is 5.69 Å². The second-order valence-corrected chi connectivity index (χ2v) is 6.28. The van der Waals surface area contributed by atoms with E-state index < -0.39 is 0 Å². The van der Waals surface area contributed by atoms with Gasteiger partial charge in [0.1, 0.15) is 0 Å². The van der Waals surface area contributed by atoms with Gasteiger partial charge in [-0.1, -0.05) is 0 Å². The van der Waals surface area contributed by atoms with Gasteiger partial charge in [0.2, 0.25) is 0 Å². The van der Waals surface area contributed by atoms with Crippen LogP contribution >= 0.6 is 0 Å². The van der Waals surface area contributed by atoms with Gasteiger partial charge >= 0.3 is 0 Å². The van der Waals surface area contributed by atoms with Crippen molar-refractivity contribution in [2.24, 2.45) is 5.92 Å². The number of carbonyl (C=O) groups is 1. The Morgan fingerprint density at radius 1 is 1.43 bits per heavy atom. The normalized spacial score (nSPS) is 26.7. The SMILES string of the molecule is CCn1cc(N)c(C(=O)N2CCC3C(CCCN3C)C2)n1. The Hall–Kier alpha value is -1.56. The summed E-state index contributed by atoms with van der Waals surface area (Å²) < 4.78 is 1.73. The molecule has 0 aromatic carbocycles. The molecular weight excluding hydrogens is 266 g/mol. The van der Waals surface area contributed by atoms with Crippen LogP contribution in [0.3, 0.4) is 0 Å². The summed E-state index contributed by atoms with van der Waals surface area (Å²) in [7, 11) is 2.20. The number of piperidine rings is 2. The number of likely N-dealkylation sites (tertiary alicyclic amines) is 2. The van der Waals surface area contributed by atoms with E-state index in [4.69, 9.17) is 5.73 Å². The minimum Gasteiger partial charge on any atom is -0.396 e. The Bertz CT molecular complexity index is 526. The third kappa shape index (κ3) is 2.64. The van der Waals surface area contributed by atoms with Gasteiger partial charge in [0, 0.05) is 31.9 Å². The van der Waals surface area contributed by atoms with Gasteiger partial charge in [-0.3, -0.25) is 9.48 Å². The molecule has 3 heterocycles. The first-order valence-electron chi connectivity index (χ1n) is 7.92. The Kier molecular flexibility index (Phi) is 3.89. The number of fused-ring (bicyclic) bond motifs is 1. The van der Waals surface area contributed by atoms with Crippen LogP contribution in [0.1, 0.15) is 36.7 Å². The molecule has 2 aliphatic heterocycles. The van der Waals surface area contributed by atoms with Crippen LogP contribution < -0.4 is 5.73 Å². The summed E-state index contributed by atoms with van der Waals surface area (Å²) >= 11 is 0. The first kappa shape index (κ1) is 14.4. The lowest BCUT2D eigenvalue weighted by molar-refractivity contribution is 0.0313. The van der Waals surface area contributed by atoms with Crippen LogP contribution in [0, 0.1) is 5.92 Å². The molecule has 3 rings (SSSR count). The second kappa shape index (κ2) is 5.67. The van der Waals surface area contributed by atoms with Crippen molar-refractivity contribution in [2.45, 2.75) is 38.8 Å². The second-order valence-electron chi connectivity index (χ2n) is 6.28. The molecule has 0 aliphatic carbocycles. The smallest absolute Gasteiger partial charge is 0.276 e. The number of hydrogen-bond donors (Lipinski definition) is 1. The third-order valence-electron chi connectivity index (χ3n) is 4.95. The maximum atomic E-state index is 12.7. The summed E-state index contributed by atoms with van der Waals surface area (Å²) in [5, 5.41) is 4.31. The highest BCUT2D eigenvalue weighted by molar-refractivity contribution is 5.97. The molecule has 21 heavy (non-hydrogen) atoms. The minimum absolute atomic E-state index is 0.00798. The van der Waals surface area contributed by atoms with Crippen molar-refractivity contribution < 1.29 is 4.79 Å². The van der Waals surface area contributed by atoms with E-state index in [2.05, 4.69) is 17.0 Å². The van der Waals surface area contributed by atoms with E-state index in [9.17, 15) is 4.79 Å². The molecule has 0 spiro atoms. The topological polar surface area (TPSA) is 67.4 Å². The Labute approximate surface area is 125 Å². The van der Waals surface area contributed by atoms with E-state index in [1.54, 1.807) is 10.9 Å². The van der Waals surface area contributed by atoms with Gasteiger partial charge in [0.05, 0.1) is 5.69 Å². The van der Waals surface area contributed by atoms with E-state index in [1.807, 2.05) is 11.8 Å². The van der Waals surface area contributed by atoms with Crippen molar-refractivity contribution >= 4 is 11.6 Å². The van der Waals surface area contributed by atoms with Crippen LogP contribution in [0.5, 0.6) is 0 Å². The molecule has 6 heteroatoms. The van der Waals surface area contributed by atoms with Crippen LogP contribution in [0.2, 0.25) is 0 Å². The molecule has 0 radical (unpaired) electrons. The number of nitrogen functional groups attached to an aromatic ring is 1. The molecule has 2 atom stereocenters. The van der Waals surface area contributed by atoms with Crippen LogP contribution in [0.15, 0.2) is 6.20 Å². The molecule has 2 N–H and O–H groups in total. The maximum absolute atomic E-state index is 12.7. The number of anilines is 1. The number of amides is 1. The van der Waals surface area contributed by atoms with Gasteiger partial charge in [-0.25, -0.2) is 0 Å². The molecule has 6 nitrogen and oxygen atoms in total. The number of carbonyl (C=O) groups excluding carboxylic acids is 1. The molecule has 1 aromatic rings. The summed E-state index contributed by atoms with van der Waals surface area (Å²) in [6, 6.07) is 0.633. The van der Waals surface area contributed by atoms with E-state index in [0.717, 1.165) is 26.1 Å². The number of nitrogens with zero attached hydrogens (tertiary/aromatic N) is 4. The Balaban J connectivity index is 1.72. The molecule has 1 aromatic heterocycles. The average Bonchev–Trinajstić information content (AvgIpc) is 2.87. The Morgan fingerprint density at radius 3 is 2.95 bits per heavy atom. The van der Waals surface area contributed by atoms with Crippen molar-refractivity contribution in [1.29, 1.82) is 0 Å². The highest BCUT2D eigenvalue weighted by Gasteiger charge is 2.36. The minimum atomic E-state index is -0.00798. The molecule has 0 saturated carbocycles. The Morgan fingerprint density at radius 2 is 2.24 bits per heavy atom. The van der Waals surface area contributed by atoms with Gasteiger partial charge in [-0.2, -0.15) is 5.10 Å². The molecule has 116 valence electrons. The summed E-state index contributed by atoms with van der Waals surface area (Å²) in [6.07, 6.45) is 5.25. The first-order chi connectivity index (χ1) is 10.1. The van der Waals surface area contributed by atoms with Crippen molar-refractivity contribution in [1.82, 2.24) is 19.6 Å². The fourth-order valence-corrected chi connectivity index (χ4v) is 3.75. The molecule has 2 unspecified atom stereocenters. The number of aromatic nitrogens is 2. The van der Waals surface area contributed by atoms with Crippen molar-refractivity contribution in [2.75, 3.05) is 32.4 Å². The standard InChI is InChI=1S/C15H25N5O/c1-3-20-10-12(16)14(17-20)15(21)19-8-6-13-11(9-19)5-4-7-18(13)2/h10-11,13H,3-9,16H2,1-2H3. The summed E-state index contributed by atoms with van der Waals surface area (Å²) in [5.74, 6) is 0.585. The molecule has 2 fully saturated rings. The highest BCUT2D eigenvalue weighted by Crippen LogP contribution is 2.30. The largest absolute Gasteiger partial charge is 0.396 e. The molecule has 2 aliphatic rings. The van der Waals surface area contributed by atoms with Gasteiger partial charge in [0.15, 0.2) is 5.69 Å². The molecule has 2 saturated heterocycles. The van der Waals surface area contributed by atoms with Crippen LogP contribution in [0.25, 0.3) is 0 Å². The van der Waals surface area contributed by atoms with Gasteiger partial charge < -0.3 is 15.5 Å². The zero-order valence-electron chi connectivity index (χ0n) is 13.0. The number of hydrogen-bond acceptors (Lipinski definition) is 4. The molecular formula is C15H25N5O. The number of rotatable bonds is 2. The summed E-state index contributed by atoms with van der Waals surface area (Å²) in [4.78, 5) is 17.1. The zero-order chi connectivity index (χ0) is 15.0.